The smallest absolute Gasteiger partial charge is 0.254 e. The highest BCUT2D eigenvalue weighted by Crippen LogP contribution is 2.36. The molecule has 4 N–H and O–H groups in total. The van der Waals surface area contributed by atoms with Crippen LogP contribution in [0.2, 0.25) is 0 Å². The molecule has 10 rings (SSSR count). The molecule has 0 saturated carbocycles. The summed E-state index contributed by atoms with van der Waals surface area (Å²) in [6.07, 6.45) is 6.42. The number of pyridine rings is 2. The highest BCUT2D eigenvalue weighted by Gasteiger charge is 2.30. The number of nitrogens with zero attached hydrogens (tertiary/aromatic N) is 9. The number of hydrogen-bond acceptors (Lipinski definition) is 11. The Hall–Kier alpha value is -6.65. The summed E-state index contributed by atoms with van der Waals surface area (Å²) >= 11 is 0. The molecule has 2 aromatic carbocycles. The number of imide groups is 1. The SMILES string of the molecule is C[C@@H](c1cc2c(-c3ccc(N)nc3)ccnc2n1C)N1CCC(c2ccc(C(=O)N3CCn4nc(CN5CCN(c6ccc(NC7CCC(=O)NC7=O)cc6F)CC5)cc4C3)cc2)CC1. The number of likely N-dealkylation sites (tertiary alicyclic amines) is 1. The third kappa shape index (κ3) is 8.67. The van der Waals surface area contributed by atoms with E-state index in [1.165, 1.54) is 17.3 Å². The highest BCUT2D eigenvalue weighted by molar-refractivity contribution is 6.01. The van der Waals surface area contributed by atoms with E-state index in [2.05, 4.69) is 68.2 Å². The number of carbonyl (C=O) groups is 3. The van der Waals surface area contributed by atoms with E-state index in [0.29, 0.717) is 74.4 Å². The summed E-state index contributed by atoms with van der Waals surface area (Å²) < 4.78 is 19.5. The Morgan fingerprint density at radius 3 is 2.45 bits per heavy atom. The zero-order valence-electron chi connectivity index (χ0n) is 36.9. The van der Waals surface area contributed by atoms with E-state index in [1.807, 2.05) is 57.2 Å². The maximum atomic E-state index is 15.3. The molecule has 0 spiro atoms. The lowest BCUT2D eigenvalue weighted by molar-refractivity contribution is -0.133. The third-order valence-corrected chi connectivity index (χ3v) is 14.0. The normalized spacial score (nSPS) is 19.3. The number of nitrogens with two attached hydrogens (primary N) is 1. The summed E-state index contributed by atoms with van der Waals surface area (Å²) in [5, 5.41) is 11.4. The fraction of sp³-hybridized carbons (Fsp3) is 0.388. The lowest BCUT2D eigenvalue weighted by atomic mass is 9.88. The van der Waals surface area contributed by atoms with E-state index < -0.39 is 6.04 Å². The van der Waals surface area contributed by atoms with Crippen molar-refractivity contribution in [2.24, 2.45) is 7.05 Å². The van der Waals surface area contributed by atoms with Crippen LogP contribution in [0.5, 0.6) is 0 Å². The van der Waals surface area contributed by atoms with Crippen LogP contribution in [0.3, 0.4) is 0 Å². The van der Waals surface area contributed by atoms with Crippen molar-refractivity contribution in [1.82, 2.24) is 44.3 Å². The molecule has 8 heterocycles. The molecule has 65 heavy (non-hydrogen) atoms. The number of nitrogens with one attached hydrogen (secondary N) is 2. The molecular formula is C49H55FN12O3. The molecule has 1 unspecified atom stereocenters. The number of hydrogen-bond donors (Lipinski definition) is 3. The Morgan fingerprint density at radius 2 is 1.71 bits per heavy atom. The summed E-state index contributed by atoms with van der Waals surface area (Å²) in [7, 11) is 2.10. The first-order valence-corrected chi connectivity index (χ1v) is 22.8. The number of nitrogen functional groups attached to an aromatic ring is 1. The molecule has 4 aliphatic rings. The monoisotopic (exact) mass is 878 g/mol. The second-order valence-electron chi connectivity index (χ2n) is 18.0. The van der Waals surface area contributed by atoms with Crippen LogP contribution in [0.1, 0.15) is 77.6 Å². The average molecular weight is 879 g/mol. The number of halogens is 1. The molecule has 16 heteroatoms. The van der Waals surface area contributed by atoms with Gasteiger partial charge < -0.3 is 25.4 Å². The van der Waals surface area contributed by atoms with Gasteiger partial charge in [-0.3, -0.25) is 34.2 Å². The van der Waals surface area contributed by atoms with Gasteiger partial charge in [-0.1, -0.05) is 12.1 Å². The van der Waals surface area contributed by atoms with Crippen LogP contribution in [0.25, 0.3) is 22.2 Å². The van der Waals surface area contributed by atoms with Gasteiger partial charge in [-0.25, -0.2) is 14.4 Å². The molecule has 3 saturated heterocycles. The standard InChI is InChI=1S/C49H55FN12O3/c1-31(44-27-40-39(13-16-52-47(40)57(44)2)35-7-11-45(51)53-28-35)59-17-14-33(15-18-59)32-3-5-34(6-4-32)49(65)61-23-24-62-38(30-61)25-37(56-62)29-58-19-21-60(22-20-58)43-10-8-36(26-41(43)50)54-42-9-12-46(63)55-48(42)64/h3-8,10-11,13,16,25-28,31,33,42,54H,9,12,14-15,17-24,29-30H2,1-2H3,(H2,51,53)(H,55,63,64)/t31-,42?/m0/s1. The summed E-state index contributed by atoms with van der Waals surface area (Å²) in [5.74, 6) is -0.0379. The maximum Gasteiger partial charge on any atom is 0.254 e. The minimum Gasteiger partial charge on any atom is -0.384 e. The van der Waals surface area contributed by atoms with Crippen molar-refractivity contribution in [3.63, 3.8) is 0 Å². The molecule has 4 aromatic heterocycles. The van der Waals surface area contributed by atoms with Gasteiger partial charge in [0.15, 0.2) is 0 Å². The van der Waals surface area contributed by atoms with E-state index in [4.69, 9.17) is 15.8 Å². The quantitative estimate of drug-likeness (QED) is 0.145. The van der Waals surface area contributed by atoms with E-state index >= 15 is 4.39 Å². The zero-order chi connectivity index (χ0) is 44.8. The minimum absolute atomic E-state index is 0.0394. The topological polar surface area (TPSA) is 163 Å². The Labute approximate surface area is 377 Å². The number of piperidine rings is 2. The lowest BCUT2D eigenvalue weighted by Crippen LogP contribution is -2.47. The van der Waals surface area contributed by atoms with Crippen molar-refractivity contribution in [3.05, 3.63) is 119 Å². The molecule has 6 aromatic rings. The van der Waals surface area contributed by atoms with Crippen molar-refractivity contribution in [2.45, 2.75) is 70.2 Å². The van der Waals surface area contributed by atoms with Crippen LogP contribution in [0.15, 0.2) is 85.2 Å². The van der Waals surface area contributed by atoms with E-state index in [-0.39, 0.29) is 36.0 Å². The first kappa shape index (κ1) is 42.3. The summed E-state index contributed by atoms with van der Waals surface area (Å²) in [4.78, 5) is 55.3. The van der Waals surface area contributed by atoms with Crippen LogP contribution in [0.4, 0.5) is 21.6 Å². The van der Waals surface area contributed by atoms with Crippen LogP contribution in [-0.2, 0) is 36.3 Å². The Balaban J connectivity index is 0.698. The molecule has 336 valence electrons. The molecule has 2 atom stereocenters. The molecule has 0 aliphatic carbocycles. The van der Waals surface area contributed by atoms with Gasteiger partial charge >= 0.3 is 0 Å². The number of amides is 3. The van der Waals surface area contributed by atoms with Gasteiger partial charge in [0.1, 0.15) is 23.3 Å². The Kier molecular flexibility index (Phi) is 11.5. The van der Waals surface area contributed by atoms with Crippen molar-refractivity contribution in [2.75, 3.05) is 61.8 Å². The number of fused-ring (bicyclic) bond motifs is 2. The van der Waals surface area contributed by atoms with Crippen molar-refractivity contribution < 1.29 is 18.8 Å². The second-order valence-corrected chi connectivity index (χ2v) is 18.0. The summed E-state index contributed by atoms with van der Waals surface area (Å²) in [5.41, 5.74) is 15.2. The molecule has 4 aliphatic heterocycles. The fourth-order valence-corrected chi connectivity index (χ4v) is 10.2. The lowest BCUT2D eigenvalue weighted by Gasteiger charge is -2.36. The average Bonchev–Trinajstić information content (AvgIpc) is 3.89. The minimum atomic E-state index is -0.565. The van der Waals surface area contributed by atoms with Crippen LogP contribution >= 0.6 is 0 Å². The van der Waals surface area contributed by atoms with Crippen molar-refractivity contribution in [1.29, 1.82) is 0 Å². The van der Waals surface area contributed by atoms with Crippen molar-refractivity contribution in [3.8, 4) is 11.1 Å². The van der Waals surface area contributed by atoms with Crippen LogP contribution < -0.4 is 21.3 Å². The molecule has 3 fully saturated rings. The molecular weight excluding hydrogens is 824 g/mol. The predicted octanol–water partition coefficient (Wildman–Crippen LogP) is 5.69. The second kappa shape index (κ2) is 17.7. The third-order valence-electron chi connectivity index (χ3n) is 14.0. The fourth-order valence-electron chi connectivity index (χ4n) is 10.2. The van der Waals surface area contributed by atoms with Gasteiger partial charge in [0.2, 0.25) is 11.8 Å². The largest absolute Gasteiger partial charge is 0.384 e. The number of anilines is 3. The van der Waals surface area contributed by atoms with E-state index in [1.54, 1.807) is 12.1 Å². The number of aryl methyl sites for hydroxylation is 1. The molecule has 0 radical (unpaired) electrons. The highest BCUT2D eigenvalue weighted by atomic mass is 19.1. The molecule has 0 bridgehead atoms. The Bertz CT molecular complexity index is 2740. The van der Waals surface area contributed by atoms with Crippen LogP contribution in [-0.4, -0.2) is 109 Å². The number of rotatable bonds is 10. The Morgan fingerprint density at radius 1 is 0.908 bits per heavy atom. The zero-order valence-corrected chi connectivity index (χ0v) is 36.9. The van der Waals surface area contributed by atoms with Gasteiger partial charge in [0.05, 0.1) is 30.2 Å². The number of carbonyl (C=O) groups excluding carboxylic acids is 3. The van der Waals surface area contributed by atoms with E-state index in [0.717, 1.165) is 72.6 Å². The summed E-state index contributed by atoms with van der Waals surface area (Å²) in [6.45, 7) is 9.55. The number of piperazine rings is 1. The maximum absolute atomic E-state index is 15.3. The van der Waals surface area contributed by atoms with Crippen molar-refractivity contribution >= 4 is 45.9 Å². The molecule has 3 amide bonds. The number of aromatic nitrogens is 5. The summed E-state index contributed by atoms with van der Waals surface area (Å²) in [6, 6.07) is 23.2. The van der Waals surface area contributed by atoms with Gasteiger partial charge in [-0.15, -0.1) is 0 Å². The van der Waals surface area contributed by atoms with Gasteiger partial charge in [0.25, 0.3) is 5.91 Å². The van der Waals surface area contributed by atoms with Gasteiger partial charge in [-0.05, 0) is 117 Å². The van der Waals surface area contributed by atoms with E-state index in [9.17, 15) is 14.4 Å². The van der Waals surface area contributed by atoms with Crippen LogP contribution in [0, 0.1) is 5.82 Å². The van der Waals surface area contributed by atoms with Gasteiger partial charge in [0, 0.05) is 99.1 Å². The van der Waals surface area contributed by atoms with Gasteiger partial charge in [-0.2, -0.15) is 5.10 Å². The first-order valence-electron chi connectivity index (χ1n) is 22.8. The first-order chi connectivity index (χ1) is 31.5. The molecule has 15 nitrogen and oxygen atoms in total. The number of benzene rings is 2. The predicted molar refractivity (Wildman–Crippen MR) is 247 cm³/mol.